The molecule has 4 rings (SSSR count). The van der Waals surface area contributed by atoms with E-state index in [1.165, 1.54) is 18.2 Å². The lowest BCUT2D eigenvalue weighted by Crippen LogP contribution is -2.46. The third-order valence-corrected chi connectivity index (χ3v) is 5.62. The van der Waals surface area contributed by atoms with Gasteiger partial charge >= 0.3 is 5.97 Å². The molecule has 0 bridgehead atoms. The Hall–Kier alpha value is -2.31. The van der Waals surface area contributed by atoms with Crippen molar-refractivity contribution in [2.45, 2.75) is 30.8 Å². The van der Waals surface area contributed by atoms with Gasteiger partial charge in [0.25, 0.3) is 0 Å². The predicted molar refractivity (Wildman–Crippen MR) is 103 cm³/mol. The molecule has 1 atom stereocenters. The van der Waals surface area contributed by atoms with E-state index in [1.807, 2.05) is 30.5 Å². The number of hydrogen-bond acceptors (Lipinski definition) is 5. The number of rotatable bonds is 4. The number of ether oxygens (including phenoxy) is 1. The first kappa shape index (κ1) is 17.1. The summed E-state index contributed by atoms with van der Waals surface area (Å²) in [7, 11) is 1.46. The van der Waals surface area contributed by atoms with Crippen LogP contribution in [0.25, 0.3) is 11.0 Å². The average Bonchev–Trinajstić information content (AvgIpc) is 3.04. The third-order valence-electron chi connectivity index (χ3n) is 4.94. The molecule has 0 spiro atoms. The van der Waals surface area contributed by atoms with Gasteiger partial charge in [-0.2, -0.15) is 0 Å². The van der Waals surface area contributed by atoms with E-state index < -0.39 is 0 Å². The Bertz CT molecular complexity index is 953. The monoisotopic (exact) mass is 367 g/mol. The van der Waals surface area contributed by atoms with Gasteiger partial charge in [0, 0.05) is 6.54 Å². The van der Waals surface area contributed by atoms with Crippen molar-refractivity contribution in [3.63, 3.8) is 0 Å². The minimum absolute atomic E-state index is 0.186. The minimum Gasteiger partial charge on any atom is -0.468 e. The van der Waals surface area contributed by atoms with Gasteiger partial charge in [0.2, 0.25) is 0 Å². The van der Waals surface area contributed by atoms with Gasteiger partial charge in [-0.25, -0.2) is 4.98 Å². The van der Waals surface area contributed by atoms with E-state index in [4.69, 9.17) is 9.72 Å². The van der Waals surface area contributed by atoms with Crippen LogP contribution in [0.4, 0.5) is 0 Å². The lowest BCUT2D eigenvalue weighted by Gasteiger charge is -2.35. The zero-order valence-corrected chi connectivity index (χ0v) is 15.7. The number of hydrogen-bond donors (Lipinski definition) is 0. The van der Waals surface area contributed by atoms with Crippen molar-refractivity contribution in [2.24, 2.45) is 0 Å². The Morgan fingerprint density at radius 3 is 2.69 bits per heavy atom. The van der Waals surface area contributed by atoms with Gasteiger partial charge in [-0.1, -0.05) is 48.2 Å². The maximum Gasteiger partial charge on any atom is 0.323 e. The predicted octanol–water partition coefficient (Wildman–Crippen LogP) is 3.32. The second kappa shape index (κ2) is 7.13. The number of esters is 1. The second-order valence-corrected chi connectivity index (χ2v) is 7.19. The van der Waals surface area contributed by atoms with Crippen molar-refractivity contribution in [3.8, 4) is 0 Å². The van der Waals surface area contributed by atoms with Gasteiger partial charge in [0.05, 0.1) is 24.8 Å². The molecule has 0 fully saturated rings. The van der Waals surface area contributed by atoms with Crippen molar-refractivity contribution < 1.29 is 9.53 Å². The van der Waals surface area contributed by atoms with E-state index in [9.17, 15) is 4.79 Å². The van der Waals surface area contributed by atoms with Gasteiger partial charge in [-0.05, 0) is 35.9 Å². The van der Waals surface area contributed by atoms with Crippen LogP contribution in [0.1, 0.15) is 11.1 Å². The molecule has 0 amide bonds. The molecule has 1 aromatic heterocycles. The molecule has 6 heteroatoms. The molecule has 0 aliphatic carbocycles. The quantitative estimate of drug-likeness (QED) is 0.523. The molecule has 2 heterocycles. The van der Waals surface area contributed by atoms with Gasteiger partial charge in [-0.3, -0.25) is 9.69 Å². The molecule has 1 aliphatic rings. The summed E-state index contributed by atoms with van der Waals surface area (Å²) in [6, 6.07) is 16.1. The molecular formula is C20H21N3O2S. The lowest BCUT2D eigenvalue weighted by atomic mass is 9.94. The number of methoxy groups -OCH3 is 1. The fourth-order valence-corrected chi connectivity index (χ4v) is 4.19. The Kier molecular flexibility index (Phi) is 4.70. The summed E-state index contributed by atoms with van der Waals surface area (Å²) in [6.07, 6.45) is 2.70. The maximum atomic E-state index is 12.4. The van der Waals surface area contributed by atoms with Gasteiger partial charge in [-0.15, -0.1) is 0 Å². The van der Waals surface area contributed by atoms with Crippen LogP contribution in [0.5, 0.6) is 0 Å². The highest BCUT2D eigenvalue weighted by molar-refractivity contribution is 7.98. The number of imidazole rings is 1. The molecule has 5 nitrogen and oxygen atoms in total. The standard InChI is InChI=1S/C20H21N3O2S/c1-25-19(24)18-11-14-7-3-4-8-15(14)12-22(18)13-23-17-10-6-5-9-16(17)21-20(23)26-2/h3-10,18H,11-13H2,1-2H3. The molecular weight excluding hydrogens is 346 g/mol. The Morgan fingerprint density at radius 2 is 1.92 bits per heavy atom. The summed E-state index contributed by atoms with van der Waals surface area (Å²) in [5, 5.41) is 0.952. The second-order valence-electron chi connectivity index (χ2n) is 6.42. The first-order chi connectivity index (χ1) is 12.7. The number of thioether (sulfide) groups is 1. The molecule has 0 N–H and O–H groups in total. The van der Waals surface area contributed by atoms with Crippen LogP contribution >= 0.6 is 11.8 Å². The highest BCUT2D eigenvalue weighted by atomic mass is 32.2. The zero-order valence-electron chi connectivity index (χ0n) is 14.9. The van der Waals surface area contributed by atoms with Crippen molar-refractivity contribution >= 4 is 28.8 Å². The summed E-state index contributed by atoms with van der Waals surface area (Å²) in [4.78, 5) is 19.3. The van der Waals surface area contributed by atoms with Crippen LogP contribution in [0.15, 0.2) is 53.7 Å². The SMILES string of the molecule is COC(=O)C1Cc2ccccc2CN1Cn1c(SC)nc2ccccc21. The fraction of sp³-hybridized carbons (Fsp3) is 0.300. The van der Waals surface area contributed by atoms with E-state index >= 15 is 0 Å². The molecule has 2 aromatic carbocycles. The van der Waals surface area contributed by atoms with E-state index in [0.717, 1.165) is 22.7 Å². The molecule has 0 saturated heterocycles. The molecule has 0 radical (unpaired) electrons. The highest BCUT2D eigenvalue weighted by Crippen LogP contribution is 2.28. The smallest absolute Gasteiger partial charge is 0.323 e. The maximum absolute atomic E-state index is 12.4. The van der Waals surface area contributed by atoms with Crippen molar-refractivity contribution in [1.29, 1.82) is 0 Å². The summed E-state index contributed by atoms with van der Waals surface area (Å²) in [5.41, 5.74) is 4.55. The van der Waals surface area contributed by atoms with Crippen LogP contribution in [0, 0.1) is 0 Å². The third kappa shape index (κ3) is 2.99. The Morgan fingerprint density at radius 1 is 1.19 bits per heavy atom. The van der Waals surface area contributed by atoms with Crippen LogP contribution in [-0.2, 0) is 29.2 Å². The molecule has 0 saturated carbocycles. The number of para-hydroxylation sites is 2. The summed E-state index contributed by atoms with van der Waals surface area (Å²) >= 11 is 1.62. The van der Waals surface area contributed by atoms with Crippen LogP contribution in [0.3, 0.4) is 0 Å². The topological polar surface area (TPSA) is 47.4 Å². The minimum atomic E-state index is -0.286. The Balaban J connectivity index is 1.73. The first-order valence-corrected chi connectivity index (χ1v) is 9.81. The fourth-order valence-electron chi connectivity index (χ4n) is 3.62. The van der Waals surface area contributed by atoms with Gasteiger partial charge < -0.3 is 9.30 Å². The average molecular weight is 367 g/mol. The highest BCUT2D eigenvalue weighted by Gasteiger charge is 2.32. The largest absolute Gasteiger partial charge is 0.468 e. The first-order valence-electron chi connectivity index (χ1n) is 8.59. The summed E-state index contributed by atoms with van der Waals surface area (Å²) in [5.74, 6) is -0.186. The molecule has 1 unspecified atom stereocenters. The van der Waals surface area contributed by atoms with E-state index in [2.05, 4.69) is 33.7 Å². The summed E-state index contributed by atoms with van der Waals surface area (Å²) < 4.78 is 7.27. The lowest BCUT2D eigenvalue weighted by molar-refractivity contribution is -0.148. The zero-order chi connectivity index (χ0) is 18.1. The van der Waals surface area contributed by atoms with E-state index in [0.29, 0.717) is 13.1 Å². The number of carbonyl (C=O) groups excluding carboxylic acids is 1. The van der Waals surface area contributed by atoms with Crippen molar-refractivity contribution in [3.05, 3.63) is 59.7 Å². The molecule has 3 aromatic rings. The summed E-state index contributed by atoms with van der Waals surface area (Å²) in [6.45, 7) is 1.32. The molecule has 26 heavy (non-hydrogen) atoms. The number of carbonyl (C=O) groups is 1. The number of benzene rings is 2. The van der Waals surface area contributed by atoms with Crippen molar-refractivity contribution in [1.82, 2.24) is 14.5 Å². The molecule has 1 aliphatic heterocycles. The van der Waals surface area contributed by atoms with Crippen molar-refractivity contribution in [2.75, 3.05) is 13.4 Å². The van der Waals surface area contributed by atoms with E-state index in [1.54, 1.807) is 11.8 Å². The van der Waals surface area contributed by atoms with Crippen LogP contribution < -0.4 is 0 Å². The van der Waals surface area contributed by atoms with Gasteiger partial charge in [0.1, 0.15) is 6.04 Å². The van der Waals surface area contributed by atoms with Crippen LogP contribution in [0.2, 0.25) is 0 Å². The van der Waals surface area contributed by atoms with Gasteiger partial charge in [0.15, 0.2) is 5.16 Å². The van der Waals surface area contributed by atoms with E-state index in [-0.39, 0.29) is 12.0 Å². The number of fused-ring (bicyclic) bond motifs is 2. The normalized spacial score (nSPS) is 17.2. The Labute approximate surface area is 157 Å². The number of aromatic nitrogens is 2. The van der Waals surface area contributed by atoms with Crippen LogP contribution in [-0.4, -0.2) is 39.8 Å². The number of nitrogens with zero attached hydrogens (tertiary/aromatic N) is 3. The molecule has 134 valence electrons.